The number of epoxide rings is 1. The molecule has 0 aromatic heterocycles. The predicted molar refractivity (Wildman–Crippen MR) is 122 cm³/mol. The van der Waals surface area contributed by atoms with Crippen LogP contribution >= 0.6 is 0 Å². The van der Waals surface area contributed by atoms with Gasteiger partial charge in [0.05, 0.1) is 5.41 Å². The van der Waals surface area contributed by atoms with Gasteiger partial charge in [0, 0.05) is 33.1 Å². The number of carbonyl (C=O) groups is 4. The second-order valence-electron chi connectivity index (χ2n) is 10.2. The molecular weight excluding hydrogens is 456 g/mol. The summed E-state index contributed by atoms with van der Waals surface area (Å²) in [6, 6.07) is 0. The maximum atomic E-state index is 12.9. The fourth-order valence-corrected chi connectivity index (χ4v) is 6.14. The van der Waals surface area contributed by atoms with Crippen LogP contribution in [-0.4, -0.2) is 59.5 Å². The van der Waals surface area contributed by atoms with E-state index in [0.717, 1.165) is 11.1 Å². The van der Waals surface area contributed by atoms with Gasteiger partial charge in [0.25, 0.3) is 0 Å². The molecule has 2 aliphatic heterocycles. The molecule has 2 aliphatic carbocycles. The lowest BCUT2D eigenvalue weighted by molar-refractivity contribution is -0.191. The Morgan fingerprint density at radius 1 is 1.00 bits per heavy atom. The summed E-state index contributed by atoms with van der Waals surface area (Å²) in [7, 11) is 0. The lowest BCUT2D eigenvalue weighted by Crippen LogP contribution is -2.61. The van der Waals surface area contributed by atoms with Gasteiger partial charge in [0.15, 0.2) is 17.3 Å². The smallest absolute Gasteiger partial charge is 0.342 e. The molecule has 4 aliphatic rings. The molecule has 0 amide bonds. The molecule has 9 heteroatoms. The Bertz CT molecular complexity index is 1070. The standard InChI is InChI=1S/C26H32O9/c1-13-8-10-18(31-15(3)27)24(6)19(32-16(4)28)11-9-14(2)21(24)22(33-17(5)29)26-20(12-13)34-23(30)25(26,7)35-26/h8-10,12,18-22H,11H2,1-7H3. The Morgan fingerprint density at radius 3 is 2.20 bits per heavy atom. The molecule has 0 aromatic rings. The number of hydrogen-bond donors (Lipinski definition) is 0. The Kier molecular flexibility index (Phi) is 5.99. The molecule has 190 valence electrons. The average Bonchev–Trinajstić information content (AvgIpc) is 3.32. The summed E-state index contributed by atoms with van der Waals surface area (Å²) in [4.78, 5) is 49.7. The summed E-state index contributed by atoms with van der Waals surface area (Å²) >= 11 is 0. The Morgan fingerprint density at radius 2 is 1.63 bits per heavy atom. The van der Waals surface area contributed by atoms with E-state index in [2.05, 4.69) is 0 Å². The van der Waals surface area contributed by atoms with Crippen molar-refractivity contribution in [1.82, 2.24) is 0 Å². The molecule has 9 nitrogen and oxygen atoms in total. The number of carbonyl (C=O) groups excluding carboxylic acids is 4. The number of allylic oxidation sites excluding steroid dienone is 2. The highest BCUT2D eigenvalue weighted by molar-refractivity contribution is 5.89. The lowest BCUT2D eigenvalue weighted by atomic mass is 9.57. The highest BCUT2D eigenvalue weighted by Crippen LogP contribution is 2.65. The van der Waals surface area contributed by atoms with Gasteiger partial charge < -0.3 is 23.7 Å². The highest BCUT2D eigenvalue weighted by Gasteiger charge is 2.87. The zero-order chi connectivity index (χ0) is 25.9. The number of hydrogen-bond acceptors (Lipinski definition) is 9. The van der Waals surface area contributed by atoms with Crippen molar-refractivity contribution in [2.45, 2.75) is 90.5 Å². The molecule has 8 atom stereocenters. The van der Waals surface area contributed by atoms with Crippen molar-refractivity contribution in [3.63, 3.8) is 0 Å². The van der Waals surface area contributed by atoms with Gasteiger partial charge in [-0.15, -0.1) is 0 Å². The van der Waals surface area contributed by atoms with Crippen LogP contribution in [0.5, 0.6) is 0 Å². The minimum atomic E-state index is -1.33. The highest BCUT2D eigenvalue weighted by atomic mass is 16.7. The number of fused-ring (bicyclic) bond motifs is 1. The summed E-state index contributed by atoms with van der Waals surface area (Å²) in [5.74, 6) is -2.77. The van der Waals surface area contributed by atoms with Gasteiger partial charge in [-0.1, -0.05) is 30.2 Å². The van der Waals surface area contributed by atoms with Gasteiger partial charge in [-0.25, -0.2) is 4.79 Å². The third-order valence-corrected chi connectivity index (χ3v) is 7.81. The molecule has 0 radical (unpaired) electrons. The Labute approximate surface area is 204 Å². The van der Waals surface area contributed by atoms with E-state index < -0.39 is 70.8 Å². The molecule has 2 heterocycles. The number of rotatable bonds is 3. The van der Waals surface area contributed by atoms with Gasteiger partial charge in [-0.05, 0) is 32.9 Å². The second kappa shape index (κ2) is 8.33. The van der Waals surface area contributed by atoms with Gasteiger partial charge in [-0.3, -0.25) is 14.4 Å². The van der Waals surface area contributed by atoms with Crippen LogP contribution in [0.2, 0.25) is 0 Å². The molecule has 1 spiro atoms. The zero-order valence-electron chi connectivity index (χ0n) is 21.1. The maximum Gasteiger partial charge on any atom is 0.342 e. The van der Waals surface area contributed by atoms with E-state index in [0.29, 0.717) is 6.42 Å². The third-order valence-electron chi connectivity index (χ3n) is 7.81. The third kappa shape index (κ3) is 3.71. The topological polar surface area (TPSA) is 118 Å². The molecule has 0 aromatic carbocycles. The van der Waals surface area contributed by atoms with Gasteiger partial charge in [0.1, 0.15) is 18.3 Å². The normalized spacial score (nSPS) is 41.7. The first kappa shape index (κ1) is 25.2. The van der Waals surface area contributed by atoms with Crippen LogP contribution in [0.25, 0.3) is 0 Å². The van der Waals surface area contributed by atoms with Crippen molar-refractivity contribution in [2.75, 3.05) is 0 Å². The van der Waals surface area contributed by atoms with Crippen molar-refractivity contribution >= 4 is 23.9 Å². The summed E-state index contributed by atoms with van der Waals surface area (Å²) in [5, 5.41) is 0. The van der Waals surface area contributed by atoms with Crippen molar-refractivity contribution in [2.24, 2.45) is 11.3 Å². The van der Waals surface area contributed by atoms with Crippen LogP contribution in [0.3, 0.4) is 0 Å². The van der Waals surface area contributed by atoms with E-state index in [9.17, 15) is 19.2 Å². The quantitative estimate of drug-likeness (QED) is 0.256. The van der Waals surface area contributed by atoms with Crippen molar-refractivity contribution in [3.8, 4) is 0 Å². The van der Waals surface area contributed by atoms with E-state index in [1.165, 1.54) is 20.8 Å². The largest absolute Gasteiger partial charge is 0.461 e. The Hall–Kier alpha value is -2.94. The van der Waals surface area contributed by atoms with Gasteiger partial charge in [-0.2, -0.15) is 0 Å². The van der Waals surface area contributed by atoms with Crippen LogP contribution < -0.4 is 0 Å². The summed E-state index contributed by atoms with van der Waals surface area (Å²) in [5.41, 5.74) is -2.15. The SMILES string of the molecule is CC(=O)OC1C=CC(C)=CC2OC(=O)C3(C)OC23C(OC(C)=O)C2C(C)=CCC(OC(C)=O)C12C. The fraction of sp³-hybridized carbons (Fsp3) is 0.615. The zero-order valence-corrected chi connectivity index (χ0v) is 21.1. The van der Waals surface area contributed by atoms with Gasteiger partial charge in [0.2, 0.25) is 0 Å². The first-order chi connectivity index (χ1) is 16.3. The van der Waals surface area contributed by atoms with Crippen LogP contribution in [0.1, 0.15) is 54.9 Å². The number of ether oxygens (including phenoxy) is 5. The maximum absolute atomic E-state index is 12.9. The second-order valence-corrected chi connectivity index (χ2v) is 10.2. The first-order valence-corrected chi connectivity index (χ1v) is 11.7. The van der Waals surface area contributed by atoms with Crippen LogP contribution in [0.15, 0.2) is 35.5 Å². The molecule has 0 saturated carbocycles. The van der Waals surface area contributed by atoms with Crippen molar-refractivity contribution < 1.29 is 42.9 Å². The fourth-order valence-electron chi connectivity index (χ4n) is 6.14. The molecular formula is C26H32O9. The van der Waals surface area contributed by atoms with E-state index >= 15 is 0 Å². The Balaban J connectivity index is 2.01. The van der Waals surface area contributed by atoms with E-state index in [1.807, 2.05) is 26.8 Å². The predicted octanol–water partition coefficient (Wildman–Crippen LogP) is 2.72. The molecule has 2 fully saturated rings. The number of esters is 4. The van der Waals surface area contributed by atoms with Crippen molar-refractivity contribution in [1.29, 1.82) is 0 Å². The minimum absolute atomic E-state index is 0.371. The summed E-state index contributed by atoms with van der Waals surface area (Å²) < 4.78 is 29.4. The molecule has 0 N–H and O–H groups in total. The van der Waals surface area contributed by atoms with Crippen molar-refractivity contribution in [3.05, 3.63) is 35.5 Å². The van der Waals surface area contributed by atoms with Crippen LogP contribution in [-0.2, 0) is 42.9 Å². The van der Waals surface area contributed by atoms with E-state index in [-0.39, 0.29) is 0 Å². The van der Waals surface area contributed by atoms with Crippen LogP contribution in [0.4, 0.5) is 0 Å². The molecule has 35 heavy (non-hydrogen) atoms. The minimum Gasteiger partial charge on any atom is -0.461 e. The first-order valence-electron chi connectivity index (χ1n) is 11.7. The molecule has 2 saturated heterocycles. The van der Waals surface area contributed by atoms with E-state index in [4.69, 9.17) is 23.7 Å². The van der Waals surface area contributed by atoms with Gasteiger partial charge >= 0.3 is 23.9 Å². The monoisotopic (exact) mass is 488 g/mol. The van der Waals surface area contributed by atoms with Crippen LogP contribution in [0, 0.1) is 11.3 Å². The van der Waals surface area contributed by atoms with E-state index in [1.54, 1.807) is 25.2 Å². The average molecular weight is 489 g/mol. The molecule has 8 unspecified atom stereocenters. The summed E-state index contributed by atoms with van der Waals surface area (Å²) in [6.07, 6.45) is 4.17. The molecule has 0 bridgehead atoms. The molecule has 4 rings (SSSR count). The summed E-state index contributed by atoms with van der Waals surface area (Å²) in [6.45, 7) is 11.1. The lowest BCUT2D eigenvalue weighted by Gasteiger charge is -2.52.